The van der Waals surface area contributed by atoms with Gasteiger partial charge in [-0.25, -0.2) is 0 Å². The van der Waals surface area contributed by atoms with Crippen LogP contribution in [0.4, 0.5) is 0 Å². The van der Waals surface area contributed by atoms with Crippen LogP contribution in [0.25, 0.3) is 11.1 Å². The lowest BCUT2D eigenvalue weighted by atomic mass is 9.70. The highest BCUT2D eigenvalue weighted by Gasteiger charge is 2.41. The fourth-order valence-corrected chi connectivity index (χ4v) is 4.17. The molecule has 1 aliphatic rings. The second kappa shape index (κ2) is 6.63. The molecule has 0 fully saturated rings. The number of rotatable bonds is 6. The summed E-state index contributed by atoms with van der Waals surface area (Å²) in [7, 11) is 0. The van der Waals surface area contributed by atoms with Crippen LogP contribution in [-0.2, 0) is 5.41 Å². The summed E-state index contributed by atoms with van der Waals surface area (Å²) in [6, 6.07) is 15.6. The molecule has 0 nitrogen and oxygen atoms in total. The number of fused-ring (bicyclic) bond motifs is 3. The Morgan fingerprint density at radius 3 is 2.17 bits per heavy atom. The molecule has 0 saturated heterocycles. The van der Waals surface area contributed by atoms with Crippen LogP contribution < -0.4 is 0 Å². The predicted octanol–water partition coefficient (Wildman–Crippen LogP) is 6.31. The van der Waals surface area contributed by atoms with Crippen LogP contribution in [0, 0.1) is 12.3 Å². The Labute approximate surface area is 140 Å². The quantitative estimate of drug-likeness (QED) is 0.548. The van der Waals surface area contributed by atoms with E-state index >= 15 is 0 Å². The lowest BCUT2D eigenvalue weighted by Gasteiger charge is -2.32. The summed E-state index contributed by atoms with van der Waals surface area (Å²) >= 11 is 0. The zero-order valence-electron chi connectivity index (χ0n) is 14.4. The van der Waals surface area contributed by atoms with Crippen molar-refractivity contribution in [2.75, 3.05) is 0 Å². The van der Waals surface area contributed by atoms with Gasteiger partial charge in [0, 0.05) is 11.0 Å². The van der Waals surface area contributed by atoms with Crippen LogP contribution in [0.2, 0.25) is 0 Å². The Morgan fingerprint density at radius 1 is 0.870 bits per heavy atom. The summed E-state index contributed by atoms with van der Waals surface area (Å²) in [5.41, 5.74) is 6.96. The average molecular weight is 302 g/mol. The van der Waals surface area contributed by atoms with Gasteiger partial charge in [-0.15, -0.1) is 6.42 Å². The Bertz CT molecular complexity index is 722. The highest BCUT2D eigenvalue weighted by atomic mass is 14.4. The van der Waals surface area contributed by atoms with Crippen LogP contribution in [-0.4, -0.2) is 0 Å². The molecule has 0 radical (unpaired) electrons. The van der Waals surface area contributed by atoms with Crippen molar-refractivity contribution in [1.82, 2.24) is 0 Å². The Balaban J connectivity index is 2.22. The van der Waals surface area contributed by atoms with Crippen molar-refractivity contribution in [3.63, 3.8) is 0 Å². The molecular weight excluding hydrogens is 276 g/mol. The molecule has 118 valence electrons. The first-order chi connectivity index (χ1) is 11.3. The predicted molar refractivity (Wildman–Crippen MR) is 99.6 cm³/mol. The van der Waals surface area contributed by atoms with E-state index in [2.05, 4.69) is 62.2 Å². The maximum atomic E-state index is 5.69. The van der Waals surface area contributed by atoms with Crippen LogP contribution in [0.3, 0.4) is 0 Å². The van der Waals surface area contributed by atoms with Crippen molar-refractivity contribution in [2.45, 2.75) is 57.8 Å². The number of unbranched alkanes of at least 4 members (excludes halogenated alkanes) is 2. The van der Waals surface area contributed by atoms with Crippen molar-refractivity contribution < 1.29 is 0 Å². The minimum absolute atomic E-state index is 0.158. The summed E-state index contributed by atoms with van der Waals surface area (Å²) in [6.45, 7) is 4.57. The molecule has 3 rings (SSSR count). The molecule has 0 unspecified atom stereocenters. The molecule has 0 heteroatoms. The number of hydrogen-bond acceptors (Lipinski definition) is 0. The Hall–Kier alpha value is -2.00. The summed E-state index contributed by atoms with van der Waals surface area (Å²) in [4.78, 5) is 0. The monoisotopic (exact) mass is 302 g/mol. The van der Waals surface area contributed by atoms with Gasteiger partial charge in [-0.05, 0) is 47.2 Å². The van der Waals surface area contributed by atoms with E-state index in [1.807, 2.05) is 0 Å². The molecule has 0 spiro atoms. The molecule has 1 aliphatic carbocycles. The SMILES string of the molecule is C#Cc1ccc2c(c1)C(CCCC)(CCCC)c1ccccc1-2. The van der Waals surface area contributed by atoms with Gasteiger partial charge in [0.05, 0.1) is 0 Å². The maximum absolute atomic E-state index is 5.69. The fraction of sp³-hybridized carbons (Fsp3) is 0.391. The number of benzene rings is 2. The first-order valence-electron chi connectivity index (χ1n) is 8.98. The van der Waals surface area contributed by atoms with E-state index in [0.717, 1.165) is 5.56 Å². The Kier molecular flexibility index (Phi) is 4.58. The van der Waals surface area contributed by atoms with E-state index < -0.39 is 0 Å². The highest BCUT2D eigenvalue weighted by molar-refractivity contribution is 5.81. The van der Waals surface area contributed by atoms with Crippen molar-refractivity contribution in [2.24, 2.45) is 0 Å². The first-order valence-corrected chi connectivity index (χ1v) is 8.98. The third-order valence-corrected chi connectivity index (χ3v) is 5.35. The van der Waals surface area contributed by atoms with E-state index in [1.54, 1.807) is 0 Å². The molecule has 0 atom stereocenters. The maximum Gasteiger partial charge on any atom is 0.0246 e. The Morgan fingerprint density at radius 2 is 1.52 bits per heavy atom. The van der Waals surface area contributed by atoms with E-state index in [4.69, 9.17) is 6.42 Å². The minimum Gasteiger partial charge on any atom is -0.115 e. The average Bonchev–Trinajstić information content (AvgIpc) is 2.88. The molecule has 0 aromatic heterocycles. The molecule has 2 aromatic rings. The standard InChI is InChI=1S/C23H26/c1-4-7-15-23(16-8-5-2)21-12-10-9-11-19(21)20-14-13-18(6-3)17-22(20)23/h3,9-14,17H,4-5,7-8,15-16H2,1-2H3. The largest absolute Gasteiger partial charge is 0.115 e. The van der Waals surface area contributed by atoms with Gasteiger partial charge >= 0.3 is 0 Å². The van der Waals surface area contributed by atoms with Gasteiger partial charge < -0.3 is 0 Å². The van der Waals surface area contributed by atoms with E-state index in [1.165, 1.54) is 60.8 Å². The van der Waals surface area contributed by atoms with Gasteiger partial charge in [0.25, 0.3) is 0 Å². The second-order valence-corrected chi connectivity index (χ2v) is 6.74. The third kappa shape index (κ3) is 2.59. The molecule has 0 amide bonds. The lowest BCUT2D eigenvalue weighted by Crippen LogP contribution is -2.25. The van der Waals surface area contributed by atoms with E-state index in [9.17, 15) is 0 Å². The molecule has 0 N–H and O–H groups in total. The summed E-state index contributed by atoms with van der Waals surface area (Å²) in [5, 5.41) is 0. The summed E-state index contributed by atoms with van der Waals surface area (Å²) < 4.78 is 0. The second-order valence-electron chi connectivity index (χ2n) is 6.74. The molecule has 2 aromatic carbocycles. The lowest BCUT2D eigenvalue weighted by molar-refractivity contribution is 0.414. The fourth-order valence-electron chi connectivity index (χ4n) is 4.17. The molecule has 0 heterocycles. The highest BCUT2D eigenvalue weighted by Crippen LogP contribution is 2.54. The molecule has 0 saturated carbocycles. The zero-order valence-corrected chi connectivity index (χ0v) is 14.4. The van der Waals surface area contributed by atoms with Crippen LogP contribution in [0.15, 0.2) is 42.5 Å². The van der Waals surface area contributed by atoms with Crippen molar-refractivity contribution in [1.29, 1.82) is 0 Å². The minimum atomic E-state index is 0.158. The van der Waals surface area contributed by atoms with Crippen molar-refractivity contribution in [3.8, 4) is 23.5 Å². The first kappa shape index (κ1) is 15.9. The van der Waals surface area contributed by atoms with Gasteiger partial charge in [-0.2, -0.15) is 0 Å². The third-order valence-electron chi connectivity index (χ3n) is 5.35. The van der Waals surface area contributed by atoms with Crippen LogP contribution in [0.5, 0.6) is 0 Å². The summed E-state index contributed by atoms with van der Waals surface area (Å²) in [6.07, 6.45) is 13.1. The van der Waals surface area contributed by atoms with E-state index in [0.29, 0.717) is 0 Å². The summed E-state index contributed by atoms with van der Waals surface area (Å²) in [5.74, 6) is 2.83. The molecule has 23 heavy (non-hydrogen) atoms. The van der Waals surface area contributed by atoms with Crippen molar-refractivity contribution >= 4 is 0 Å². The van der Waals surface area contributed by atoms with E-state index in [-0.39, 0.29) is 5.41 Å². The van der Waals surface area contributed by atoms with Crippen molar-refractivity contribution in [3.05, 3.63) is 59.2 Å². The molecule has 0 aliphatic heterocycles. The topological polar surface area (TPSA) is 0 Å². The smallest absolute Gasteiger partial charge is 0.0246 e. The molecule has 0 bridgehead atoms. The van der Waals surface area contributed by atoms with Gasteiger partial charge in [0.15, 0.2) is 0 Å². The van der Waals surface area contributed by atoms with Crippen LogP contribution in [0.1, 0.15) is 69.1 Å². The number of terminal acetylenes is 1. The van der Waals surface area contributed by atoms with Gasteiger partial charge in [0.1, 0.15) is 0 Å². The van der Waals surface area contributed by atoms with Crippen LogP contribution >= 0.6 is 0 Å². The van der Waals surface area contributed by atoms with Gasteiger partial charge in [-0.1, -0.05) is 75.8 Å². The zero-order chi connectivity index (χ0) is 16.3. The van der Waals surface area contributed by atoms with Gasteiger partial charge in [-0.3, -0.25) is 0 Å². The van der Waals surface area contributed by atoms with Gasteiger partial charge in [0.2, 0.25) is 0 Å². The normalized spacial score (nSPS) is 14.1. The number of hydrogen-bond donors (Lipinski definition) is 0. The molecular formula is C23H26.